The molecule has 3 aromatic carbocycles. The Morgan fingerprint density at radius 1 is 0.490 bits per heavy atom. The molecule has 1 N–H and O–H groups in total. The molecule has 4 atom stereocenters. The number of aromatic hydroxyl groups is 1. The van der Waals surface area contributed by atoms with Gasteiger partial charge in [0.25, 0.3) is 0 Å². The Balaban J connectivity index is 1.15. The molecular weight excluding hydrogens is 624 g/mol. The number of benzene rings is 3. The molecular formula is C40H54O9. The van der Waals surface area contributed by atoms with Crippen LogP contribution >= 0.6 is 0 Å². The number of ether oxygens (including phenoxy) is 8. The largest absolute Gasteiger partial charge is 0.508 e. The minimum atomic E-state index is -0.793. The molecule has 0 radical (unpaired) electrons. The molecule has 0 aliphatic carbocycles. The van der Waals surface area contributed by atoms with Crippen LogP contribution in [0.2, 0.25) is 0 Å². The van der Waals surface area contributed by atoms with Crippen molar-refractivity contribution in [1.82, 2.24) is 0 Å². The van der Waals surface area contributed by atoms with Crippen molar-refractivity contribution in [3.63, 3.8) is 0 Å². The second-order valence-corrected chi connectivity index (χ2v) is 15.9. The lowest BCUT2D eigenvalue weighted by Gasteiger charge is -2.21. The van der Waals surface area contributed by atoms with Crippen LogP contribution in [0.15, 0.2) is 66.7 Å². The number of hydrogen-bond donors (Lipinski definition) is 1. The summed E-state index contributed by atoms with van der Waals surface area (Å²) in [5, 5.41) is 10.5. The number of phenols is 1. The Morgan fingerprint density at radius 2 is 0.776 bits per heavy atom. The molecule has 2 heterocycles. The van der Waals surface area contributed by atoms with E-state index in [1.807, 2.05) is 52.0 Å². The molecule has 3 aromatic rings. The van der Waals surface area contributed by atoms with Gasteiger partial charge in [0.15, 0.2) is 11.6 Å². The molecule has 0 aromatic heterocycles. The van der Waals surface area contributed by atoms with Crippen LogP contribution in [0.4, 0.5) is 0 Å². The summed E-state index contributed by atoms with van der Waals surface area (Å²) in [4.78, 5) is 0. The Hall–Kier alpha value is -3.50. The summed E-state index contributed by atoms with van der Waals surface area (Å²) in [6.45, 7) is 21.5. The summed E-state index contributed by atoms with van der Waals surface area (Å²) in [5.74, 6) is 0.819. The van der Waals surface area contributed by atoms with Gasteiger partial charge in [0, 0.05) is 18.2 Å². The van der Waals surface area contributed by atoms with E-state index >= 15 is 0 Å². The van der Waals surface area contributed by atoms with Crippen molar-refractivity contribution in [1.29, 1.82) is 0 Å². The Kier molecular flexibility index (Phi) is 10.8. The van der Waals surface area contributed by atoms with Crippen LogP contribution in [0.25, 0.3) is 0 Å². The maximum atomic E-state index is 10.5. The summed E-state index contributed by atoms with van der Waals surface area (Å²) in [7, 11) is 0. The van der Waals surface area contributed by atoms with Crippen molar-refractivity contribution < 1.29 is 43.0 Å². The first-order valence-corrected chi connectivity index (χ1v) is 17.1. The highest BCUT2D eigenvalue weighted by Crippen LogP contribution is 2.34. The average Bonchev–Trinajstić information content (AvgIpc) is 3.48. The van der Waals surface area contributed by atoms with Gasteiger partial charge in [0.05, 0.1) is 0 Å². The van der Waals surface area contributed by atoms with E-state index in [0.29, 0.717) is 24.7 Å². The van der Waals surface area contributed by atoms with Gasteiger partial charge in [0.1, 0.15) is 79.6 Å². The summed E-state index contributed by atoms with van der Waals surface area (Å²) in [6.07, 6.45) is -1.51. The molecule has 2 saturated heterocycles. The van der Waals surface area contributed by atoms with Crippen molar-refractivity contribution in [3.8, 4) is 28.7 Å². The van der Waals surface area contributed by atoms with Crippen molar-refractivity contribution in [2.45, 2.75) is 116 Å². The fourth-order valence-corrected chi connectivity index (χ4v) is 5.92. The lowest BCUT2D eigenvalue weighted by molar-refractivity contribution is -0.150. The molecule has 0 saturated carbocycles. The molecule has 0 amide bonds. The zero-order valence-corrected chi connectivity index (χ0v) is 30.7. The Bertz CT molecular complexity index is 1410. The van der Waals surface area contributed by atoms with E-state index < -0.39 is 23.8 Å². The maximum Gasteiger partial charge on any atom is 0.164 e. The SMILES string of the molecule is CC1(C)O[C@@H](COc2ccc(C(C)(C)C)cc2)[C@H](COc2cc(O)cc(OC[C@H]3OC(C)(C)O[C@@H]3COc3ccc(C(C)(C)C)cc3)c2)O1. The fraction of sp³-hybridized carbons (Fsp3) is 0.550. The van der Waals surface area contributed by atoms with Crippen LogP contribution in [0.1, 0.15) is 80.4 Å². The van der Waals surface area contributed by atoms with Crippen LogP contribution in [0.3, 0.4) is 0 Å². The molecule has 2 aliphatic rings. The van der Waals surface area contributed by atoms with Gasteiger partial charge < -0.3 is 43.0 Å². The van der Waals surface area contributed by atoms with E-state index in [-0.39, 0.29) is 42.0 Å². The van der Waals surface area contributed by atoms with Crippen LogP contribution in [-0.4, -0.2) is 67.5 Å². The van der Waals surface area contributed by atoms with E-state index in [0.717, 1.165) is 11.5 Å². The molecule has 5 rings (SSSR count). The smallest absolute Gasteiger partial charge is 0.164 e. The second-order valence-electron chi connectivity index (χ2n) is 15.9. The fourth-order valence-electron chi connectivity index (χ4n) is 5.92. The topological polar surface area (TPSA) is 94.1 Å². The van der Waals surface area contributed by atoms with Crippen LogP contribution in [-0.2, 0) is 29.8 Å². The standard InChI is InChI=1S/C40H54O9/c1-37(2,3)26-11-15-29(16-12-26)42-22-33-35(48-39(7,8)46-33)24-44-31-19-28(41)20-32(21-31)45-25-36-34(47-40(9,10)49-36)23-43-30-17-13-27(14-18-30)38(4,5)6/h11-21,33-36,41H,22-25H2,1-10H3/t33-,34+,35-,36+. The zero-order valence-electron chi connectivity index (χ0n) is 30.7. The first-order chi connectivity index (χ1) is 22.9. The number of hydrogen-bond acceptors (Lipinski definition) is 9. The molecule has 0 unspecified atom stereocenters. The van der Waals surface area contributed by atoms with Gasteiger partial charge in [-0.1, -0.05) is 65.8 Å². The second kappa shape index (κ2) is 14.4. The van der Waals surface area contributed by atoms with E-state index in [2.05, 4.69) is 65.8 Å². The van der Waals surface area contributed by atoms with E-state index in [4.69, 9.17) is 37.9 Å². The Labute approximate surface area is 291 Å². The summed E-state index contributed by atoms with van der Waals surface area (Å²) in [5.41, 5.74) is 2.61. The lowest BCUT2D eigenvalue weighted by Crippen LogP contribution is -2.34. The summed E-state index contributed by atoms with van der Waals surface area (Å²) in [6, 6.07) is 21.1. The minimum Gasteiger partial charge on any atom is -0.508 e. The highest BCUT2D eigenvalue weighted by Gasteiger charge is 2.43. The zero-order chi connectivity index (χ0) is 35.6. The molecule has 9 nitrogen and oxygen atoms in total. The van der Waals surface area contributed by atoms with Gasteiger partial charge in [0.2, 0.25) is 0 Å². The molecule has 268 valence electrons. The Morgan fingerprint density at radius 3 is 1.06 bits per heavy atom. The van der Waals surface area contributed by atoms with Gasteiger partial charge in [-0.05, 0) is 73.9 Å². The third-order valence-electron chi connectivity index (χ3n) is 8.53. The highest BCUT2D eigenvalue weighted by atomic mass is 16.8. The monoisotopic (exact) mass is 678 g/mol. The van der Waals surface area contributed by atoms with Crippen LogP contribution < -0.4 is 18.9 Å². The molecule has 9 heteroatoms. The predicted octanol–water partition coefficient (Wildman–Crippen LogP) is 7.94. The van der Waals surface area contributed by atoms with Crippen LogP contribution in [0, 0.1) is 0 Å². The van der Waals surface area contributed by atoms with Gasteiger partial charge in [-0.15, -0.1) is 0 Å². The van der Waals surface area contributed by atoms with Crippen molar-refractivity contribution in [2.75, 3.05) is 26.4 Å². The number of rotatable bonds is 12. The van der Waals surface area contributed by atoms with E-state index in [1.165, 1.54) is 23.3 Å². The first kappa shape index (κ1) is 36.8. The van der Waals surface area contributed by atoms with Gasteiger partial charge in [-0.3, -0.25) is 0 Å². The van der Waals surface area contributed by atoms with Crippen molar-refractivity contribution in [2.24, 2.45) is 0 Å². The van der Waals surface area contributed by atoms with Crippen molar-refractivity contribution in [3.05, 3.63) is 77.9 Å². The van der Waals surface area contributed by atoms with E-state index in [1.54, 1.807) is 6.07 Å². The molecule has 49 heavy (non-hydrogen) atoms. The summed E-state index contributed by atoms with van der Waals surface area (Å²) < 4.78 is 49.0. The highest BCUT2D eigenvalue weighted by molar-refractivity contribution is 5.41. The quantitative estimate of drug-likeness (QED) is 0.205. The third kappa shape index (κ3) is 10.3. The molecule has 2 fully saturated rings. The van der Waals surface area contributed by atoms with Crippen LogP contribution in [0.5, 0.6) is 28.7 Å². The molecule has 0 spiro atoms. The van der Waals surface area contributed by atoms with Gasteiger partial charge >= 0.3 is 0 Å². The summed E-state index contributed by atoms with van der Waals surface area (Å²) >= 11 is 0. The maximum absolute atomic E-state index is 10.5. The van der Waals surface area contributed by atoms with Gasteiger partial charge in [-0.2, -0.15) is 0 Å². The normalized spacial score (nSPS) is 23.3. The average molecular weight is 679 g/mol. The third-order valence-corrected chi connectivity index (χ3v) is 8.53. The molecule has 2 aliphatic heterocycles. The minimum absolute atomic E-state index is 0.0116. The molecule has 0 bridgehead atoms. The van der Waals surface area contributed by atoms with Crippen molar-refractivity contribution >= 4 is 0 Å². The first-order valence-electron chi connectivity index (χ1n) is 17.1. The van der Waals surface area contributed by atoms with E-state index in [9.17, 15) is 5.11 Å². The lowest BCUT2D eigenvalue weighted by atomic mass is 9.87. The van der Waals surface area contributed by atoms with Gasteiger partial charge in [-0.25, -0.2) is 0 Å². The predicted molar refractivity (Wildman–Crippen MR) is 188 cm³/mol. The number of phenolic OH excluding ortho intramolecular Hbond substituents is 1.